The van der Waals surface area contributed by atoms with E-state index in [0.29, 0.717) is 61.9 Å². The van der Waals surface area contributed by atoms with Crippen LogP contribution in [0.2, 0.25) is 5.02 Å². The molecule has 0 radical (unpaired) electrons. The van der Waals surface area contributed by atoms with E-state index in [-0.39, 0.29) is 23.3 Å². The SMILES string of the molecule is C[C@@H]1[C@@H](C)CCC[C@](O)(CC[S@@+](C)[O-])[C@@H]2CC[C@H]2CN2CCCCc3cc(Cl)ccc3COc3ccc(cc32)C(=O)NS1(=O)=O. The van der Waals surface area contributed by atoms with Crippen LogP contribution >= 0.6 is 11.6 Å². The Labute approximate surface area is 276 Å². The summed E-state index contributed by atoms with van der Waals surface area (Å²) in [5.74, 6) is 0.441. The first-order chi connectivity index (χ1) is 21.4. The van der Waals surface area contributed by atoms with Crippen LogP contribution in [0.1, 0.15) is 86.7 Å². The number of benzene rings is 2. The number of amides is 1. The summed E-state index contributed by atoms with van der Waals surface area (Å²) in [6, 6.07) is 11.0. The minimum atomic E-state index is -3.95. The molecule has 1 fully saturated rings. The summed E-state index contributed by atoms with van der Waals surface area (Å²) in [6.45, 7) is 5.24. The van der Waals surface area contributed by atoms with Crippen molar-refractivity contribution in [3.8, 4) is 5.75 Å². The maximum atomic E-state index is 13.4. The minimum Gasteiger partial charge on any atom is -0.617 e. The molecule has 1 aliphatic carbocycles. The molecule has 8 nitrogen and oxygen atoms in total. The molecule has 6 atom stereocenters. The number of halogens is 1. The van der Waals surface area contributed by atoms with Crippen LogP contribution in [0.5, 0.6) is 5.75 Å². The number of aryl methyl sites for hydroxylation is 1. The second-order valence-corrected chi connectivity index (χ2v) is 17.4. The molecular weight excluding hydrogens is 632 g/mol. The number of hydrogen-bond donors (Lipinski definition) is 2. The van der Waals surface area contributed by atoms with E-state index in [2.05, 4.69) is 9.62 Å². The van der Waals surface area contributed by atoms with Crippen molar-refractivity contribution in [2.24, 2.45) is 17.8 Å². The van der Waals surface area contributed by atoms with E-state index in [4.69, 9.17) is 16.3 Å². The number of carbonyl (C=O) groups is 1. The lowest BCUT2D eigenvalue weighted by molar-refractivity contribution is -0.0902. The van der Waals surface area contributed by atoms with Gasteiger partial charge in [-0.3, -0.25) is 4.79 Å². The highest BCUT2D eigenvalue weighted by molar-refractivity contribution is 7.90. The van der Waals surface area contributed by atoms with E-state index in [1.807, 2.05) is 25.1 Å². The first-order valence-electron chi connectivity index (χ1n) is 16.2. The molecule has 0 spiro atoms. The first-order valence-corrected chi connectivity index (χ1v) is 19.9. The summed E-state index contributed by atoms with van der Waals surface area (Å²) in [6.07, 6.45) is 8.48. The maximum Gasteiger partial charge on any atom is 0.264 e. The van der Waals surface area contributed by atoms with Gasteiger partial charge in [0.25, 0.3) is 5.91 Å². The van der Waals surface area contributed by atoms with E-state index in [0.717, 1.165) is 48.9 Å². The van der Waals surface area contributed by atoms with Crippen molar-refractivity contribution in [2.75, 3.05) is 30.0 Å². The van der Waals surface area contributed by atoms with Crippen LogP contribution in [0.15, 0.2) is 36.4 Å². The molecule has 2 N–H and O–H groups in total. The summed E-state index contributed by atoms with van der Waals surface area (Å²) in [5.41, 5.74) is 2.24. The van der Waals surface area contributed by atoms with Crippen molar-refractivity contribution in [1.29, 1.82) is 0 Å². The number of anilines is 1. The average Bonchev–Trinajstić information content (AvgIpc) is 3.00. The number of aliphatic hydroxyl groups is 1. The first kappa shape index (κ1) is 34.4. The van der Waals surface area contributed by atoms with Gasteiger partial charge in [-0.05, 0) is 111 Å². The van der Waals surface area contributed by atoms with Crippen LogP contribution in [0.25, 0.3) is 0 Å². The van der Waals surface area contributed by atoms with Gasteiger partial charge >= 0.3 is 0 Å². The lowest BCUT2D eigenvalue weighted by atomic mass is 9.62. The standard InChI is InChI=1S/C34H47ClN2O6S2/c1-23-7-6-15-34(39,16-18-44(3)40)30-13-10-27(30)21-37-17-5-4-8-25-19-29(35)12-9-28(25)22-43-32-14-11-26(20-31(32)37)33(38)36-45(41,42)24(23)2/h9,11-12,14,19-20,23-24,27,30,39H,4-8,10,13,15-18,21-22H2,1-3H3,(H,36,38)/t23-,24+,27-,30+,34-,44+/m0/s1. The van der Waals surface area contributed by atoms with Crippen molar-refractivity contribution < 1.29 is 27.6 Å². The Morgan fingerprint density at radius 1 is 1.11 bits per heavy atom. The summed E-state index contributed by atoms with van der Waals surface area (Å²) in [4.78, 5) is 15.7. The molecule has 3 aliphatic rings. The lowest BCUT2D eigenvalue weighted by Crippen LogP contribution is -2.51. The van der Waals surface area contributed by atoms with Crippen LogP contribution in [-0.2, 0) is 34.2 Å². The molecule has 5 rings (SSSR count). The number of ether oxygens (including phenoxy) is 1. The van der Waals surface area contributed by atoms with E-state index in [9.17, 15) is 22.9 Å². The zero-order chi connectivity index (χ0) is 32.4. The molecule has 11 heteroatoms. The molecule has 0 aromatic heterocycles. The number of hydrogen-bond acceptors (Lipinski definition) is 7. The van der Waals surface area contributed by atoms with Crippen molar-refractivity contribution in [2.45, 2.75) is 89.1 Å². The third-order valence-electron chi connectivity index (χ3n) is 10.4. The Hall–Kier alpha value is -1.98. The van der Waals surface area contributed by atoms with Crippen molar-refractivity contribution in [3.05, 3.63) is 58.1 Å². The second kappa shape index (κ2) is 14.4. The van der Waals surface area contributed by atoms with Gasteiger partial charge in [0.15, 0.2) is 0 Å². The van der Waals surface area contributed by atoms with Gasteiger partial charge < -0.3 is 19.3 Å². The van der Waals surface area contributed by atoms with Crippen LogP contribution < -0.4 is 14.4 Å². The van der Waals surface area contributed by atoms with E-state index < -0.39 is 38.0 Å². The van der Waals surface area contributed by atoms with E-state index >= 15 is 0 Å². The fraction of sp³-hybridized carbons (Fsp3) is 0.618. The van der Waals surface area contributed by atoms with Gasteiger partial charge in [0.2, 0.25) is 10.0 Å². The number of rotatable bonds is 3. The number of carbonyl (C=O) groups excluding carboxylic acids is 1. The van der Waals surface area contributed by atoms with Crippen molar-refractivity contribution in [1.82, 2.24) is 4.72 Å². The van der Waals surface area contributed by atoms with Crippen LogP contribution in [0, 0.1) is 17.8 Å². The molecule has 2 heterocycles. The fourth-order valence-corrected chi connectivity index (χ4v) is 9.37. The van der Waals surface area contributed by atoms with Crippen molar-refractivity contribution >= 4 is 44.4 Å². The predicted molar refractivity (Wildman–Crippen MR) is 181 cm³/mol. The molecule has 248 valence electrons. The quantitative estimate of drug-likeness (QED) is 0.391. The highest BCUT2D eigenvalue weighted by Crippen LogP contribution is 2.47. The molecule has 2 aromatic carbocycles. The topological polar surface area (TPSA) is 119 Å². The zero-order valence-electron chi connectivity index (χ0n) is 26.6. The summed E-state index contributed by atoms with van der Waals surface area (Å²) < 4.78 is 47.5. The van der Waals surface area contributed by atoms with Gasteiger partial charge in [0.1, 0.15) is 18.1 Å². The second-order valence-electron chi connectivity index (χ2n) is 13.4. The third-order valence-corrected chi connectivity index (χ3v) is 13.3. The molecule has 45 heavy (non-hydrogen) atoms. The van der Waals surface area contributed by atoms with Crippen molar-refractivity contribution in [3.63, 3.8) is 0 Å². The molecular formula is C34H47ClN2O6S2. The minimum absolute atomic E-state index is 0.0471. The lowest BCUT2D eigenvalue weighted by Gasteiger charge is -2.49. The van der Waals surface area contributed by atoms with Gasteiger partial charge in [-0.2, -0.15) is 0 Å². The molecule has 2 aliphatic heterocycles. The van der Waals surface area contributed by atoms with Gasteiger partial charge in [-0.25, -0.2) is 13.1 Å². The smallest absolute Gasteiger partial charge is 0.264 e. The zero-order valence-corrected chi connectivity index (χ0v) is 29.0. The van der Waals surface area contributed by atoms with Gasteiger partial charge in [0.05, 0.1) is 22.8 Å². The number of nitrogens with zero attached hydrogens (tertiary/aromatic N) is 1. The maximum absolute atomic E-state index is 13.4. The molecule has 2 aromatic rings. The van der Waals surface area contributed by atoms with Gasteiger partial charge in [0, 0.05) is 30.1 Å². The molecule has 1 saturated carbocycles. The average molecular weight is 679 g/mol. The number of fused-ring (bicyclic) bond motifs is 3. The van der Waals surface area contributed by atoms with Gasteiger partial charge in [-0.15, -0.1) is 0 Å². The largest absolute Gasteiger partial charge is 0.617 e. The Morgan fingerprint density at radius 2 is 1.91 bits per heavy atom. The van der Waals surface area contributed by atoms with Gasteiger partial charge in [-0.1, -0.05) is 42.2 Å². The van der Waals surface area contributed by atoms with E-state index in [1.165, 1.54) is 0 Å². The van der Waals surface area contributed by atoms with E-state index in [1.54, 1.807) is 31.4 Å². The van der Waals surface area contributed by atoms with Crippen LogP contribution in [-0.4, -0.2) is 59.9 Å². The number of sulfonamides is 1. The summed E-state index contributed by atoms with van der Waals surface area (Å²) in [7, 11) is -3.95. The normalized spacial score (nSPS) is 29.9. The summed E-state index contributed by atoms with van der Waals surface area (Å²) in [5, 5.41) is 12.1. The number of nitrogens with one attached hydrogen (secondary N) is 1. The summed E-state index contributed by atoms with van der Waals surface area (Å²) >= 11 is 5.30. The predicted octanol–water partition coefficient (Wildman–Crippen LogP) is 5.86. The Balaban J connectivity index is 1.54. The highest BCUT2D eigenvalue weighted by atomic mass is 35.5. The van der Waals surface area contributed by atoms with Crippen LogP contribution in [0.4, 0.5) is 5.69 Å². The van der Waals surface area contributed by atoms with Crippen LogP contribution in [0.3, 0.4) is 0 Å². The Bertz CT molecular complexity index is 1470. The molecule has 0 saturated heterocycles. The fourth-order valence-electron chi connectivity index (χ4n) is 7.23. The molecule has 0 unspecified atom stereocenters. The third kappa shape index (κ3) is 8.12. The monoisotopic (exact) mass is 678 g/mol. The Kier molecular flexibility index (Phi) is 11.0. The molecule has 2 bridgehead atoms. The highest BCUT2D eigenvalue weighted by Gasteiger charge is 2.47. The molecule has 1 amide bonds. The Morgan fingerprint density at radius 3 is 2.64 bits per heavy atom.